The van der Waals surface area contributed by atoms with E-state index in [4.69, 9.17) is 15.2 Å². The molecular formula is C17H24N2O5S. The molecule has 3 rings (SSSR count). The van der Waals surface area contributed by atoms with Crippen LogP contribution < -0.4 is 15.2 Å². The number of rotatable bonds is 5. The lowest BCUT2D eigenvalue weighted by atomic mass is 10.0. The molecule has 2 aliphatic rings. The summed E-state index contributed by atoms with van der Waals surface area (Å²) in [6.07, 6.45) is 2.85. The lowest BCUT2D eigenvalue weighted by Crippen LogP contribution is -2.47. The van der Waals surface area contributed by atoms with Crippen LogP contribution in [-0.4, -0.2) is 57.3 Å². The average Bonchev–Trinajstić information content (AvgIpc) is 2.65. The van der Waals surface area contributed by atoms with Crippen LogP contribution in [-0.2, 0) is 14.6 Å². The first-order valence-electron chi connectivity index (χ1n) is 8.63. The fraction of sp³-hybridized carbons (Fsp3) is 0.588. The molecule has 1 aromatic carbocycles. The molecule has 0 aliphatic carbocycles. The highest BCUT2D eigenvalue weighted by molar-refractivity contribution is 7.91. The van der Waals surface area contributed by atoms with Crippen molar-refractivity contribution in [3.63, 3.8) is 0 Å². The molecule has 0 spiro atoms. The molecule has 0 radical (unpaired) electrons. The third-order valence-electron chi connectivity index (χ3n) is 4.68. The average molecular weight is 368 g/mol. The predicted octanol–water partition coefficient (Wildman–Crippen LogP) is 0.961. The van der Waals surface area contributed by atoms with Crippen LogP contribution in [0.2, 0.25) is 0 Å². The number of sulfone groups is 1. The van der Waals surface area contributed by atoms with Gasteiger partial charge in [-0.3, -0.25) is 4.79 Å². The number of amides is 1. The van der Waals surface area contributed by atoms with Gasteiger partial charge in [-0.25, -0.2) is 8.42 Å². The fourth-order valence-electron chi connectivity index (χ4n) is 3.27. The van der Waals surface area contributed by atoms with Crippen molar-refractivity contribution in [3.05, 3.63) is 18.2 Å². The van der Waals surface area contributed by atoms with E-state index >= 15 is 0 Å². The molecule has 0 aromatic heterocycles. The number of nitrogens with zero attached hydrogens (tertiary/aromatic N) is 1. The maximum Gasteiger partial charge on any atom is 0.223 e. The minimum atomic E-state index is -3.57. The summed E-state index contributed by atoms with van der Waals surface area (Å²) in [6.45, 7) is 1.92. The SMILES string of the molecule is NCC1CCCCN1C(=O)CCS(=O)(=O)c1ccc2c(c1)OCCO2. The Kier molecular flexibility index (Phi) is 5.48. The highest BCUT2D eigenvalue weighted by Crippen LogP contribution is 2.32. The van der Waals surface area contributed by atoms with Gasteiger partial charge in [0.2, 0.25) is 5.91 Å². The monoisotopic (exact) mass is 368 g/mol. The van der Waals surface area contributed by atoms with Crippen molar-refractivity contribution in [3.8, 4) is 11.5 Å². The molecule has 2 heterocycles. The van der Waals surface area contributed by atoms with Gasteiger partial charge in [-0.2, -0.15) is 0 Å². The zero-order valence-corrected chi connectivity index (χ0v) is 15.0. The number of benzene rings is 1. The van der Waals surface area contributed by atoms with Gasteiger partial charge in [-0.15, -0.1) is 0 Å². The van der Waals surface area contributed by atoms with Crippen molar-refractivity contribution in [2.45, 2.75) is 36.6 Å². The maximum absolute atomic E-state index is 12.6. The Bertz CT molecular complexity index is 735. The Morgan fingerprint density at radius 3 is 2.72 bits per heavy atom. The standard InChI is InChI=1S/C17H24N2O5S/c18-12-13-3-1-2-7-19(13)17(20)6-10-25(21,22)14-4-5-15-16(11-14)24-9-8-23-15/h4-5,11,13H,1-3,6-10,12,18H2. The Morgan fingerprint density at radius 1 is 1.20 bits per heavy atom. The largest absolute Gasteiger partial charge is 0.486 e. The van der Waals surface area contributed by atoms with E-state index in [-0.39, 0.29) is 29.0 Å². The molecule has 0 saturated carbocycles. The minimum Gasteiger partial charge on any atom is -0.486 e. The van der Waals surface area contributed by atoms with Gasteiger partial charge in [0, 0.05) is 31.6 Å². The van der Waals surface area contributed by atoms with Crippen LogP contribution in [0.15, 0.2) is 23.1 Å². The number of hydrogen-bond donors (Lipinski definition) is 1. The Morgan fingerprint density at radius 2 is 1.96 bits per heavy atom. The smallest absolute Gasteiger partial charge is 0.223 e. The van der Waals surface area contributed by atoms with Gasteiger partial charge >= 0.3 is 0 Å². The number of likely N-dealkylation sites (tertiary alicyclic amines) is 1. The molecule has 2 aliphatic heterocycles. The van der Waals surface area contributed by atoms with Crippen molar-refractivity contribution < 1.29 is 22.7 Å². The number of hydrogen-bond acceptors (Lipinski definition) is 6. The minimum absolute atomic E-state index is 0.0262. The molecule has 1 fully saturated rings. The number of carbonyl (C=O) groups excluding carboxylic acids is 1. The third kappa shape index (κ3) is 4.07. The molecule has 1 aromatic rings. The lowest BCUT2D eigenvalue weighted by molar-refractivity contribution is -0.134. The number of carbonyl (C=O) groups is 1. The molecule has 1 unspecified atom stereocenters. The first-order chi connectivity index (χ1) is 12.0. The van der Waals surface area contributed by atoms with Gasteiger partial charge in [0.25, 0.3) is 0 Å². The molecule has 1 atom stereocenters. The second-order valence-corrected chi connectivity index (χ2v) is 8.46. The maximum atomic E-state index is 12.6. The van der Waals surface area contributed by atoms with E-state index in [0.717, 1.165) is 19.3 Å². The summed E-state index contributed by atoms with van der Waals surface area (Å²) in [5.41, 5.74) is 5.73. The van der Waals surface area contributed by atoms with Gasteiger partial charge in [0.1, 0.15) is 13.2 Å². The van der Waals surface area contributed by atoms with E-state index in [1.165, 1.54) is 12.1 Å². The highest BCUT2D eigenvalue weighted by atomic mass is 32.2. The number of nitrogens with two attached hydrogens (primary N) is 1. The second-order valence-electron chi connectivity index (χ2n) is 6.35. The zero-order chi connectivity index (χ0) is 17.9. The van der Waals surface area contributed by atoms with Gasteiger partial charge in [-0.1, -0.05) is 0 Å². The van der Waals surface area contributed by atoms with Crippen LogP contribution in [0, 0.1) is 0 Å². The first-order valence-corrected chi connectivity index (χ1v) is 10.3. The third-order valence-corrected chi connectivity index (χ3v) is 6.39. The van der Waals surface area contributed by atoms with E-state index in [9.17, 15) is 13.2 Å². The van der Waals surface area contributed by atoms with Crippen LogP contribution in [0.5, 0.6) is 11.5 Å². The van der Waals surface area contributed by atoms with E-state index < -0.39 is 9.84 Å². The summed E-state index contributed by atoms with van der Waals surface area (Å²) in [7, 11) is -3.57. The molecule has 7 nitrogen and oxygen atoms in total. The fourth-order valence-corrected chi connectivity index (χ4v) is 4.52. The van der Waals surface area contributed by atoms with Crippen LogP contribution in [0.4, 0.5) is 0 Å². The summed E-state index contributed by atoms with van der Waals surface area (Å²) in [4.78, 5) is 14.3. The summed E-state index contributed by atoms with van der Waals surface area (Å²) >= 11 is 0. The van der Waals surface area contributed by atoms with Gasteiger partial charge < -0.3 is 20.1 Å². The second kappa shape index (κ2) is 7.61. The number of piperidine rings is 1. The molecule has 0 bridgehead atoms. The summed E-state index contributed by atoms with van der Waals surface area (Å²) in [6, 6.07) is 4.59. The normalized spacial score (nSPS) is 20.4. The Balaban J connectivity index is 1.66. The topological polar surface area (TPSA) is 98.9 Å². The van der Waals surface area contributed by atoms with E-state index in [0.29, 0.717) is 37.8 Å². The lowest BCUT2D eigenvalue weighted by Gasteiger charge is -2.35. The van der Waals surface area contributed by atoms with Crippen molar-refractivity contribution in [1.82, 2.24) is 4.90 Å². The van der Waals surface area contributed by atoms with Crippen LogP contribution in [0.25, 0.3) is 0 Å². The molecule has 138 valence electrons. The molecule has 2 N–H and O–H groups in total. The molecule has 1 amide bonds. The Labute approximate surface area is 148 Å². The highest BCUT2D eigenvalue weighted by Gasteiger charge is 2.27. The van der Waals surface area contributed by atoms with Gasteiger partial charge in [0.15, 0.2) is 21.3 Å². The van der Waals surface area contributed by atoms with Gasteiger partial charge in [-0.05, 0) is 31.4 Å². The molecule has 8 heteroatoms. The van der Waals surface area contributed by atoms with Crippen LogP contribution in [0.1, 0.15) is 25.7 Å². The predicted molar refractivity (Wildman–Crippen MR) is 92.5 cm³/mol. The van der Waals surface area contributed by atoms with Crippen LogP contribution in [0.3, 0.4) is 0 Å². The van der Waals surface area contributed by atoms with Crippen molar-refractivity contribution >= 4 is 15.7 Å². The van der Waals surface area contributed by atoms with Gasteiger partial charge in [0.05, 0.1) is 10.6 Å². The van der Waals surface area contributed by atoms with E-state index in [1.807, 2.05) is 0 Å². The molecule has 25 heavy (non-hydrogen) atoms. The van der Waals surface area contributed by atoms with Crippen molar-refractivity contribution in [2.24, 2.45) is 5.73 Å². The number of ether oxygens (including phenoxy) is 2. The first kappa shape index (κ1) is 18.0. The van der Waals surface area contributed by atoms with Crippen molar-refractivity contribution in [1.29, 1.82) is 0 Å². The summed E-state index contributed by atoms with van der Waals surface area (Å²) < 4.78 is 36.0. The quantitative estimate of drug-likeness (QED) is 0.831. The summed E-state index contributed by atoms with van der Waals surface area (Å²) in [5, 5.41) is 0. The van der Waals surface area contributed by atoms with Crippen molar-refractivity contribution in [2.75, 3.05) is 32.1 Å². The van der Waals surface area contributed by atoms with E-state index in [1.54, 1.807) is 11.0 Å². The molecule has 1 saturated heterocycles. The molecular weight excluding hydrogens is 344 g/mol. The summed E-state index contributed by atoms with van der Waals surface area (Å²) in [5.74, 6) is 0.605. The van der Waals surface area contributed by atoms with Crippen LogP contribution >= 0.6 is 0 Å². The van der Waals surface area contributed by atoms with E-state index in [2.05, 4.69) is 0 Å². The Hall–Kier alpha value is -1.80. The number of fused-ring (bicyclic) bond motifs is 1. The zero-order valence-electron chi connectivity index (χ0n) is 14.1.